The molecule has 2 fully saturated rings. The number of para-hydroxylation sites is 1. The molecule has 4 rings (SSSR count). The summed E-state index contributed by atoms with van der Waals surface area (Å²) in [6.07, 6.45) is 9.23. The summed E-state index contributed by atoms with van der Waals surface area (Å²) in [6, 6.07) is 8.79. The molecule has 29 heavy (non-hydrogen) atoms. The Hall–Kier alpha value is -2.47. The summed E-state index contributed by atoms with van der Waals surface area (Å²) in [5, 5.41) is 0. The summed E-state index contributed by atoms with van der Waals surface area (Å²) in [6.45, 7) is 6.71. The Morgan fingerprint density at radius 2 is 1.97 bits per heavy atom. The molecule has 6 heteroatoms. The zero-order chi connectivity index (χ0) is 20.1. The first-order valence-corrected chi connectivity index (χ1v) is 10.7. The number of nitrogens with zero attached hydrogens (tertiary/aromatic N) is 4. The number of amides is 1. The molecule has 154 valence electrons. The zero-order valence-electron chi connectivity index (χ0n) is 17.2. The van der Waals surface area contributed by atoms with E-state index in [9.17, 15) is 4.79 Å². The van der Waals surface area contributed by atoms with Gasteiger partial charge in [-0.15, -0.1) is 0 Å². The van der Waals surface area contributed by atoms with Gasteiger partial charge >= 0.3 is 0 Å². The van der Waals surface area contributed by atoms with Gasteiger partial charge in [-0.2, -0.15) is 0 Å². The molecule has 1 atom stereocenters. The van der Waals surface area contributed by atoms with Gasteiger partial charge in [-0.05, 0) is 50.8 Å². The largest absolute Gasteiger partial charge is 0.493 e. The van der Waals surface area contributed by atoms with Crippen molar-refractivity contribution in [1.29, 1.82) is 0 Å². The highest BCUT2D eigenvalue weighted by atomic mass is 16.5. The van der Waals surface area contributed by atoms with Crippen molar-refractivity contribution < 1.29 is 9.53 Å². The van der Waals surface area contributed by atoms with Crippen LogP contribution in [0.25, 0.3) is 0 Å². The number of carbonyl (C=O) groups is 1. The molecule has 6 nitrogen and oxygen atoms in total. The van der Waals surface area contributed by atoms with Gasteiger partial charge in [0.05, 0.1) is 12.8 Å². The number of aryl methyl sites for hydroxylation is 1. The van der Waals surface area contributed by atoms with Crippen LogP contribution in [0, 0.1) is 12.8 Å². The van der Waals surface area contributed by atoms with E-state index in [0.29, 0.717) is 17.7 Å². The fourth-order valence-corrected chi connectivity index (χ4v) is 4.50. The number of carbonyl (C=O) groups excluding carboxylic acids is 1. The lowest BCUT2D eigenvalue weighted by atomic mass is 9.94. The Kier molecular flexibility index (Phi) is 6.39. The maximum atomic E-state index is 12.6. The molecule has 1 aromatic heterocycles. The van der Waals surface area contributed by atoms with Gasteiger partial charge in [-0.1, -0.05) is 18.2 Å². The summed E-state index contributed by atoms with van der Waals surface area (Å²) < 4.78 is 6.12. The van der Waals surface area contributed by atoms with E-state index in [4.69, 9.17) is 4.74 Å². The summed E-state index contributed by atoms with van der Waals surface area (Å²) in [7, 11) is 0. The molecule has 0 saturated carbocycles. The number of likely N-dealkylation sites (tertiary alicyclic amines) is 2. The lowest BCUT2D eigenvalue weighted by Crippen LogP contribution is -2.50. The van der Waals surface area contributed by atoms with Crippen molar-refractivity contribution in [3.05, 3.63) is 54.1 Å². The molecule has 2 aliphatic heterocycles. The second-order valence-electron chi connectivity index (χ2n) is 8.19. The van der Waals surface area contributed by atoms with Crippen LogP contribution in [-0.2, 0) is 0 Å². The molecule has 0 spiro atoms. The summed E-state index contributed by atoms with van der Waals surface area (Å²) in [5.74, 6) is 1.57. The highest BCUT2D eigenvalue weighted by Gasteiger charge is 2.31. The standard InChI is InChI=1S/C23H30N4O2/c1-18-5-2-3-7-22(18)29-17-19-6-4-12-27(16-19)20-8-13-26(14-9-20)23(28)21-15-24-10-11-25-21/h2-3,5,7,10-11,15,19-20H,4,6,8-9,12-14,16-17H2,1H3. The third-order valence-corrected chi connectivity index (χ3v) is 6.17. The normalized spacial score (nSPS) is 21.1. The van der Waals surface area contributed by atoms with Crippen molar-refractivity contribution >= 4 is 5.91 Å². The summed E-state index contributed by atoms with van der Waals surface area (Å²) >= 11 is 0. The van der Waals surface area contributed by atoms with E-state index in [0.717, 1.165) is 51.4 Å². The molecule has 2 aliphatic rings. The van der Waals surface area contributed by atoms with E-state index in [1.54, 1.807) is 18.6 Å². The van der Waals surface area contributed by atoms with Crippen LogP contribution >= 0.6 is 0 Å². The van der Waals surface area contributed by atoms with E-state index in [-0.39, 0.29) is 5.91 Å². The molecular weight excluding hydrogens is 364 g/mol. The molecule has 0 aliphatic carbocycles. The molecule has 3 heterocycles. The first-order valence-electron chi connectivity index (χ1n) is 10.7. The first-order chi connectivity index (χ1) is 14.2. The number of benzene rings is 1. The minimum atomic E-state index is -0.000276. The Bertz CT molecular complexity index is 806. The average molecular weight is 395 g/mol. The van der Waals surface area contributed by atoms with Crippen LogP contribution < -0.4 is 4.74 Å². The number of piperidine rings is 2. The van der Waals surface area contributed by atoms with Gasteiger partial charge in [0.2, 0.25) is 0 Å². The molecule has 2 aromatic rings. The number of hydrogen-bond donors (Lipinski definition) is 0. The second kappa shape index (κ2) is 9.35. The van der Waals surface area contributed by atoms with Crippen LogP contribution in [0.3, 0.4) is 0 Å². The fourth-order valence-electron chi connectivity index (χ4n) is 4.50. The second-order valence-corrected chi connectivity index (χ2v) is 8.19. The van der Waals surface area contributed by atoms with Crippen LogP contribution in [0.2, 0.25) is 0 Å². The van der Waals surface area contributed by atoms with Crippen LogP contribution in [0.5, 0.6) is 5.75 Å². The Balaban J connectivity index is 1.26. The van der Waals surface area contributed by atoms with Crippen molar-refractivity contribution in [2.75, 3.05) is 32.8 Å². The molecular formula is C23H30N4O2. The van der Waals surface area contributed by atoms with Crippen LogP contribution in [0.4, 0.5) is 0 Å². The topological polar surface area (TPSA) is 58.6 Å². The molecule has 0 radical (unpaired) electrons. The lowest BCUT2D eigenvalue weighted by molar-refractivity contribution is 0.0469. The smallest absolute Gasteiger partial charge is 0.274 e. The third-order valence-electron chi connectivity index (χ3n) is 6.17. The van der Waals surface area contributed by atoms with Gasteiger partial charge in [0, 0.05) is 44.0 Å². The lowest BCUT2D eigenvalue weighted by Gasteiger charge is -2.42. The predicted molar refractivity (Wildman–Crippen MR) is 112 cm³/mol. The summed E-state index contributed by atoms with van der Waals surface area (Å²) in [5.41, 5.74) is 1.64. The van der Waals surface area contributed by atoms with Crippen LogP contribution in [-0.4, -0.2) is 64.5 Å². The monoisotopic (exact) mass is 394 g/mol. The molecule has 1 unspecified atom stereocenters. The minimum Gasteiger partial charge on any atom is -0.493 e. The maximum absolute atomic E-state index is 12.6. The van der Waals surface area contributed by atoms with Crippen molar-refractivity contribution in [1.82, 2.24) is 19.8 Å². The number of ether oxygens (including phenoxy) is 1. The van der Waals surface area contributed by atoms with E-state index < -0.39 is 0 Å². The molecule has 1 aromatic carbocycles. The van der Waals surface area contributed by atoms with Crippen molar-refractivity contribution in [3.63, 3.8) is 0 Å². The van der Waals surface area contributed by atoms with Gasteiger partial charge in [-0.3, -0.25) is 14.7 Å². The third kappa shape index (κ3) is 4.93. The highest BCUT2D eigenvalue weighted by Crippen LogP contribution is 2.26. The van der Waals surface area contributed by atoms with Crippen molar-refractivity contribution in [2.24, 2.45) is 5.92 Å². The SMILES string of the molecule is Cc1ccccc1OCC1CCCN(C2CCN(C(=O)c3cnccn3)CC2)C1. The van der Waals surface area contributed by atoms with Gasteiger partial charge in [0.15, 0.2) is 0 Å². The Labute approximate surface area is 172 Å². The van der Waals surface area contributed by atoms with Crippen molar-refractivity contribution in [2.45, 2.75) is 38.6 Å². The maximum Gasteiger partial charge on any atom is 0.274 e. The van der Waals surface area contributed by atoms with E-state index in [1.807, 2.05) is 17.0 Å². The van der Waals surface area contributed by atoms with Crippen LogP contribution in [0.15, 0.2) is 42.9 Å². The van der Waals surface area contributed by atoms with Gasteiger partial charge in [0.25, 0.3) is 5.91 Å². The molecule has 2 saturated heterocycles. The van der Waals surface area contributed by atoms with Crippen LogP contribution in [0.1, 0.15) is 41.7 Å². The van der Waals surface area contributed by atoms with Gasteiger partial charge in [0.1, 0.15) is 11.4 Å². The summed E-state index contributed by atoms with van der Waals surface area (Å²) in [4.78, 5) is 25.3. The Morgan fingerprint density at radius 3 is 2.72 bits per heavy atom. The molecule has 1 amide bonds. The molecule has 0 bridgehead atoms. The average Bonchev–Trinajstić information content (AvgIpc) is 2.79. The van der Waals surface area contributed by atoms with E-state index >= 15 is 0 Å². The minimum absolute atomic E-state index is 0.000276. The van der Waals surface area contributed by atoms with E-state index in [2.05, 4.69) is 33.9 Å². The predicted octanol–water partition coefficient (Wildman–Crippen LogP) is 3.18. The number of hydrogen-bond acceptors (Lipinski definition) is 5. The number of aromatic nitrogens is 2. The van der Waals surface area contributed by atoms with Crippen molar-refractivity contribution in [3.8, 4) is 5.75 Å². The zero-order valence-corrected chi connectivity index (χ0v) is 17.2. The fraction of sp³-hybridized carbons (Fsp3) is 0.522. The Morgan fingerprint density at radius 1 is 1.14 bits per heavy atom. The quantitative estimate of drug-likeness (QED) is 0.780. The first kappa shape index (κ1) is 19.8. The molecule has 0 N–H and O–H groups in total. The number of rotatable bonds is 5. The van der Waals surface area contributed by atoms with Gasteiger partial charge < -0.3 is 9.64 Å². The highest BCUT2D eigenvalue weighted by molar-refractivity contribution is 5.92. The van der Waals surface area contributed by atoms with Gasteiger partial charge in [-0.25, -0.2) is 4.98 Å². The van der Waals surface area contributed by atoms with E-state index in [1.165, 1.54) is 18.4 Å².